The van der Waals surface area contributed by atoms with Crippen molar-refractivity contribution < 1.29 is 33.7 Å². The van der Waals surface area contributed by atoms with Crippen LogP contribution in [0.3, 0.4) is 0 Å². The van der Waals surface area contributed by atoms with Gasteiger partial charge in [-0.15, -0.1) is 0 Å². The molecule has 1 heterocycles. The van der Waals surface area contributed by atoms with E-state index in [0.717, 1.165) is 16.7 Å². The van der Waals surface area contributed by atoms with Gasteiger partial charge in [0.1, 0.15) is 11.6 Å². The van der Waals surface area contributed by atoms with Gasteiger partial charge in [-0.3, -0.25) is 4.79 Å². The van der Waals surface area contributed by atoms with Gasteiger partial charge in [-0.2, -0.15) is 0 Å². The molecular weight excluding hydrogens is 477 g/mol. The van der Waals surface area contributed by atoms with Crippen LogP contribution < -0.4 is 10.1 Å². The number of ether oxygens (including phenoxy) is 2. The highest BCUT2D eigenvalue weighted by Gasteiger charge is 2.41. The summed E-state index contributed by atoms with van der Waals surface area (Å²) >= 11 is 0. The summed E-state index contributed by atoms with van der Waals surface area (Å²) in [6.07, 6.45) is -0.277. The fraction of sp³-hybridized carbons (Fsp3) is 0.310. The third kappa shape index (κ3) is 6.72. The molecule has 1 aliphatic heterocycles. The first-order chi connectivity index (χ1) is 17.8. The average Bonchev–Trinajstić information content (AvgIpc) is 2.87. The fourth-order valence-electron chi connectivity index (χ4n) is 4.74. The Hall–Kier alpha value is -3.75. The van der Waals surface area contributed by atoms with Crippen LogP contribution in [0.4, 0.5) is 4.39 Å². The first kappa shape index (κ1) is 26.3. The topological polar surface area (TPSA) is 105 Å². The number of hydrogen-bond acceptors (Lipinski definition) is 5. The van der Waals surface area contributed by atoms with Crippen LogP contribution >= 0.6 is 0 Å². The minimum Gasteiger partial charge on any atom is -0.482 e. The Bertz CT molecular complexity index is 1230. The van der Waals surface area contributed by atoms with E-state index in [9.17, 15) is 24.2 Å². The number of carbonyl (C=O) groups excluding carboxylic acids is 1. The number of aliphatic hydroxyl groups excluding tert-OH is 1. The van der Waals surface area contributed by atoms with E-state index in [4.69, 9.17) is 9.47 Å². The summed E-state index contributed by atoms with van der Waals surface area (Å²) in [7, 11) is 0. The van der Waals surface area contributed by atoms with Crippen LogP contribution in [-0.2, 0) is 14.3 Å². The smallest absolute Gasteiger partial charge is 0.341 e. The maximum atomic E-state index is 13.6. The standard InChI is InChI=1S/C29H30FNO6/c1-29(31-27(33)13-14-32)16-25(20-7-10-22(30)11-8-20)37-26(17-29)23-15-21(19-5-3-2-4-6-19)9-12-24(23)36-18-28(34)35/h2-12,15,25-26,32H,13-14,16-18H2,1H3,(H,31,33)(H,34,35)/t25-,26+,29+/m0/s1. The van der Waals surface area contributed by atoms with Crippen molar-refractivity contribution in [3.8, 4) is 16.9 Å². The maximum absolute atomic E-state index is 13.6. The first-order valence-corrected chi connectivity index (χ1v) is 12.1. The number of aliphatic carboxylic acids is 1. The summed E-state index contributed by atoms with van der Waals surface area (Å²) in [4.78, 5) is 23.7. The summed E-state index contributed by atoms with van der Waals surface area (Å²) in [5.74, 6) is -1.39. The SMILES string of the molecule is C[C@@]1(NC(=O)CCO)C[C@@H](c2ccc(F)cc2)O[C@@H](c2cc(-c3ccccc3)ccc2OCC(=O)O)C1. The van der Waals surface area contributed by atoms with Crippen LogP contribution in [0.5, 0.6) is 5.75 Å². The lowest BCUT2D eigenvalue weighted by Crippen LogP contribution is -2.51. The molecule has 37 heavy (non-hydrogen) atoms. The van der Waals surface area contributed by atoms with Gasteiger partial charge in [0.05, 0.1) is 18.8 Å². The van der Waals surface area contributed by atoms with Crippen molar-refractivity contribution in [2.24, 2.45) is 0 Å². The molecule has 1 amide bonds. The zero-order valence-corrected chi connectivity index (χ0v) is 20.5. The third-order valence-corrected chi connectivity index (χ3v) is 6.44. The summed E-state index contributed by atoms with van der Waals surface area (Å²) in [6, 6.07) is 21.3. The molecule has 1 fully saturated rings. The van der Waals surface area contributed by atoms with E-state index < -0.39 is 30.3 Å². The minimum absolute atomic E-state index is 0.0290. The van der Waals surface area contributed by atoms with Crippen LogP contribution in [-0.4, -0.2) is 40.8 Å². The molecule has 0 aliphatic carbocycles. The Balaban J connectivity index is 1.75. The molecule has 4 rings (SSSR count). The second-order valence-corrected chi connectivity index (χ2v) is 9.46. The summed E-state index contributed by atoms with van der Waals surface area (Å²) in [6.45, 7) is 1.12. The highest BCUT2D eigenvalue weighted by molar-refractivity contribution is 5.77. The van der Waals surface area contributed by atoms with Gasteiger partial charge < -0.3 is 25.0 Å². The van der Waals surface area contributed by atoms with Gasteiger partial charge in [0, 0.05) is 30.4 Å². The molecule has 0 saturated carbocycles. The number of carboxylic acid groups (broad SMARTS) is 1. The van der Waals surface area contributed by atoms with Crippen LogP contribution in [0.1, 0.15) is 49.5 Å². The summed E-state index contributed by atoms with van der Waals surface area (Å²) < 4.78 is 25.8. The monoisotopic (exact) mass is 507 g/mol. The number of benzene rings is 3. The second-order valence-electron chi connectivity index (χ2n) is 9.46. The van der Waals surface area contributed by atoms with Crippen LogP contribution in [0, 0.1) is 5.82 Å². The molecule has 1 saturated heterocycles. The summed E-state index contributed by atoms with van der Waals surface area (Å²) in [5, 5.41) is 21.5. The van der Waals surface area contributed by atoms with E-state index in [-0.39, 0.29) is 24.8 Å². The number of halogens is 1. The Morgan fingerprint density at radius 3 is 2.41 bits per heavy atom. The summed E-state index contributed by atoms with van der Waals surface area (Å²) in [5.41, 5.74) is 2.55. The largest absolute Gasteiger partial charge is 0.482 e. The van der Waals surface area contributed by atoms with E-state index in [1.165, 1.54) is 12.1 Å². The lowest BCUT2D eigenvalue weighted by Gasteiger charge is -2.43. The number of hydrogen-bond donors (Lipinski definition) is 3. The molecule has 3 N–H and O–H groups in total. The van der Waals surface area contributed by atoms with Crippen molar-refractivity contribution in [3.63, 3.8) is 0 Å². The molecule has 3 aromatic carbocycles. The number of amides is 1. The fourth-order valence-corrected chi connectivity index (χ4v) is 4.74. The molecule has 8 heteroatoms. The van der Waals surface area contributed by atoms with Crippen LogP contribution in [0.2, 0.25) is 0 Å². The molecule has 0 bridgehead atoms. The molecule has 0 aromatic heterocycles. The van der Waals surface area contributed by atoms with Gasteiger partial charge >= 0.3 is 5.97 Å². The number of carbonyl (C=O) groups is 2. The molecule has 194 valence electrons. The van der Waals surface area contributed by atoms with Crippen molar-refractivity contribution in [1.82, 2.24) is 5.32 Å². The lowest BCUT2D eigenvalue weighted by molar-refractivity contribution is -0.139. The normalized spacial score (nSPS) is 21.3. The molecular formula is C29H30FNO6. The highest BCUT2D eigenvalue weighted by Crippen LogP contribution is 2.46. The van der Waals surface area contributed by atoms with Gasteiger partial charge in [0.2, 0.25) is 5.91 Å². The zero-order valence-electron chi connectivity index (χ0n) is 20.5. The minimum atomic E-state index is -1.10. The van der Waals surface area contributed by atoms with Crippen LogP contribution in [0.25, 0.3) is 11.1 Å². The van der Waals surface area contributed by atoms with Crippen molar-refractivity contribution in [1.29, 1.82) is 0 Å². The molecule has 0 unspecified atom stereocenters. The maximum Gasteiger partial charge on any atom is 0.341 e. The predicted molar refractivity (Wildman–Crippen MR) is 135 cm³/mol. The number of nitrogens with one attached hydrogen (secondary N) is 1. The molecule has 3 aromatic rings. The number of carboxylic acids is 1. The lowest BCUT2D eigenvalue weighted by atomic mass is 9.80. The van der Waals surface area contributed by atoms with E-state index >= 15 is 0 Å². The van der Waals surface area contributed by atoms with Gasteiger partial charge in [0.25, 0.3) is 0 Å². The van der Waals surface area contributed by atoms with Crippen molar-refractivity contribution >= 4 is 11.9 Å². The van der Waals surface area contributed by atoms with E-state index in [1.807, 2.05) is 49.4 Å². The van der Waals surface area contributed by atoms with Crippen molar-refractivity contribution in [2.75, 3.05) is 13.2 Å². The highest BCUT2D eigenvalue weighted by atomic mass is 19.1. The van der Waals surface area contributed by atoms with Crippen molar-refractivity contribution in [2.45, 2.75) is 43.9 Å². The molecule has 7 nitrogen and oxygen atoms in total. The second kappa shape index (κ2) is 11.5. The first-order valence-electron chi connectivity index (χ1n) is 12.1. The number of rotatable bonds is 9. The molecule has 1 aliphatic rings. The average molecular weight is 508 g/mol. The van der Waals surface area contributed by atoms with Gasteiger partial charge in [0.15, 0.2) is 6.61 Å². The third-order valence-electron chi connectivity index (χ3n) is 6.44. The Labute approximate surface area is 214 Å². The number of aliphatic hydroxyl groups is 1. The quantitative estimate of drug-likeness (QED) is 0.384. The zero-order chi connectivity index (χ0) is 26.4. The molecule has 3 atom stereocenters. The molecule has 0 spiro atoms. The van der Waals surface area contributed by atoms with Gasteiger partial charge in [-0.1, -0.05) is 48.5 Å². The Morgan fingerprint density at radius 2 is 1.73 bits per heavy atom. The van der Waals surface area contributed by atoms with Crippen molar-refractivity contribution in [3.05, 3.63) is 89.7 Å². The Kier molecular flexibility index (Phi) is 8.21. The van der Waals surface area contributed by atoms with Crippen LogP contribution in [0.15, 0.2) is 72.8 Å². The van der Waals surface area contributed by atoms with E-state index in [0.29, 0.717) is 24.2 Å². The van der Waals surface area contributed by atoms with E-state index in [1.54, 1.807) is 18.2 Å². The van der Waals surface area contributed by atoms with Gasteiger partial charge in [-0.05, 0) is 47.9 Å². The molecule has 0 radical (unpaired) electrons. The Morgan fingerprint density at radius 1 is 1.03 bits per heavy atom. The van der Waals surface area contributed by atoms with E-state index in [2.05, 4.69) is 5.32 Å². The predicted octanol–water partition coefficient (Wildman–Crippen LogP) is 4.81. The van der Waals surface area contributed by atoms with Gasteiger partial charge in [-0.25, -0.2) is 9.18 Å².